The highest BCUT2D eigenvalue weighted by Gasteiger charge is 2.11. The van der Waals surface area contributed by atoms with Crippen molar-refractivity contribution >= 4 is 28.6 Å². The predicted molar refractivity (Wildman–Crippen MR) is 116 cm³/mol. The summed E-state index contributed by atoms with van der Waals surface area (Å²) in [6.45, 7) is 0.590. The second-order valence-electron chi connectivity index (χ2n) is 6.51. The Balaban J connectivity index is 1.41. The summed E-state index contributed by atoms with van der Waals surface area (Å²) < 4.78 is 0. The third-order valence-corrected chi connectivity index (χ3v) is 5.12. The molecule has 3 aromatic heterocycles. The number of thiophene rings is 1. The Labute approximate surface area is 172 Å². The number of nitrogens with two attached hydrogens (primary N) is 1. The van der Waals surface area contributed by atoms with Gasteiger partial charge < -0.3 is 11.1 Å². The second-order valence-corrected chi connectivity index (χ2v) is 7.29. The highest BCUT2D eigenvalue weighted by Crippen LogP contribution is 2.19. The molecule has 29 heavy (non-hydrogen) atoms. The number of Topliss-reactive ketones (excluding diaryl/α,β-unsaturated/α-hetero) is 1. The van der Waals surface area contributed by atoms with Crippen molar-refractivity contribution < 1.29 is 4.79 Å². The van der Waals surface area contributed by atoms with Crippen LogP contribution in [-0.4, -0.2) is 20.7 Å². The van der Waals surface area contributed by atoms with E-state index in [2.05, 4.69) is 20.3 Å². The minimum atomic E-state index is -0.0593. The van der Waals surface area contributed by atoms with Crippen LogP contribution in [0.3, 0.4) is 0 Å². The maximum Gasteiger partial charge on any atom is 0.187 e. The van der Waals surface area contributed by atoms with E-state index in [1.165, 1.54) is 0 Å². The minimum Gasteiger partial charge on any atom is -0.382 e. The van der Waals surface area contributed by atoms with Crippen LogP contribution in [0.2, 0.25) is 0 Å². The van der Waals surface area contributed by atoms with Gasteiger partial charge in [-0.15, -0.1) is 0 Å². The van der Waals surface area contributed by atoms with Gasteiger partial charge in [-0.1, -0.05) is 24.3 Å². The summed E-state index contributed by atoms with van der Waals surface area (Å²) in [4.78, 5) is 25.3. The van der Waals surface area contributed by atoms with Gasteiger partial charge in [0.25, 0.3) is 0 Å². The number of nitrogens with one attached hydrogen (secondary N) is 1. The van der Waals surface area contributed by atoms with Gasteiger partial charge in [0.15, 0.2) is 5.78 Å². The maximum absolute atomic E-state index is 12.6. The number of carbonyl (C=O) groups excluding carboxylic acids is 1. The molecule has 144 valence electrons. The first-order chi connectivity index (χ1) is 14.2. The van der Waals surface area contributed by atoms with Crippen LogP contribution < -0.4 is 11.1 Å². The van der Waals surface area contributed by atoms with Crippen LogP contribution in [0.4, 0.5) is 11.5 Å². The topological polar surface area (TPSA) is 93.8 Å². The molecule has 0 fully saturated rings. The number of nitrogen functional groups attached to an aromatic ring is 1. The normalized spacial score (nSPS) is 10.6. The van der Waals surface area contributed by atoms with Crippen LogP contribution in [0, 0.1) is 0 Å². The summed E-state index contributed by atoms with van der Waals surface area (Å²) in [6, 6.07) is 13.6. The number of hydrogen-bond donors (Lipinski definition) is 2. The molecule has 0 aliphatic rings. The Bertz CT molecular complexity index is 1110. The number of aromatic nitrogens is 3. The fourth-order valence-corrected chi connectivity index (χ4v) is 3.57. The lowest BCUT2D eigenvalue weighted by atomic mass is 10.0. The molecule has 1 aromatic carbocycles. The van der Waals surface area contributed by atoms with Crippen molar-refractivity contribution in [3.63, 3.8) is 0 Å². The van der Waals surface area contributed by atoms with E-state index in [1.807, 2.05) is 53.2 Å². The number of ketones is 1. The number of anilines is 2. The fourth-order valence-electron chi connectivity index (χ4n) is 2.92. The Morgan fingerprint density at radius 3 is 2.69 bits per heavy atom. The van der Waals surface area contributed by atoms with Crippen molar-refractivity contribution in [3.8, 4) is 11.3 Å². The third-order valence-electron chi connectivity index (χ3n) is 4.43. The van der Waals surface area contributed by atoms with Gasteiger partial charge in [-0.05, 0) is 34.7 Å². The van der Waals surface area contributed by atoms with Crippen LogP contribution in [-0.2, 0) is 13.0 Å². The van der Waals surface area contributed by atoms with Gasteiger partial charge in [-0.25, -0.2) is 9.97 Å². The van der Waals surface area contributed by atoms with Crippen LogP contribution in [0.5, 0.6) is 0 Å². The zero-order chi connectivity index (χ0) is 20.1. The van der Waals surface area contributed by atoms with E-state index in [0.29, 0.717) is 18.1 Å². The van der Waals surface area contributed by atoms with E-state index >= 15 is 0 Å². The van der Waals surface area contributed by atoms with Gasteiger partial charge in [-0.2, -0.15) is 11.3 Å². The zero-order valence-electron chi connectivity index (χ0n) is 15.6. The van der Waals surface area contributed by atoms with E-state index in [4.69, 9.17) is 5.73 Å². The Morgan fingerprint density at radius 2 is 1.93 bits per heavy atom. The van der Waals surface area contributed by atoms with Gasteiger partial charge in [-0.3, -0.25) is 9.78 Å². The van der Waals surface area contributed by atoms with Crippen molar-refractivity contribution in [2.45, 2.75) is 13.0 Å². The molecule has 0 amide bonds. The highest BCUT2D eigenvalue weighted by atomic mass is 32.1. The zero-order valence-corrected chi connectivity index (χ0v) is 16.4. The largest absolute Gasteiger partial charge is 0.382 e. The molecule has 0 unspecified atom stereocenters. The molecule has 0 aliphatic carbocycles. The molecule has 4 rings (SSSR count). The lowest BCUT2D eigenvalue weighted by molar-refractivity contribution is 0.0988. The molecule has 0 radical (unpaired) electrons. The van der Waals surface area contributed by atoms with Crippen molar-refractivity contribution in [3.05, 3.63) is 88.6 Å². The van der Waals surface area contributed by atoms with Crippen LogP contribution in [0.25, 0.3) is 11.3 Å². The highest BCUT2D eigenvalue weighted by molar-refractivity contribution is 7.08. The summed E-state index contributed by atoms with van der Waals surface area (Å²) in [7, 11) is 0. The van der Waals surface area contributed by atoms with Crippen LogP contribution in [0.15, 0.2) is 71.8 Å². The number of nitrogens with zero attached hydrogens (tertiary/aromatic N) is 3. The summed E-state index contributed by atoms with van der Waals surface area (Å²) in [5, 5.41) is 7.26. The van der Waals surface area contributed by atoms with Crippen molar-refractivity contribution in [2.75, 3.05) is 11.1 Å². The average Bonchev–Trinajstić information content (AvgIpc) is 3.28. The maximum atomic E-state index is 12.6. The third kappa shape index (κ3) is 4.64. The molecule has 7 heteroatoms. The number of benzene rings is 1. The first kappa shape index (κ1) is 18.8. The molecule has 0 bridgehead atoms. The van der Waals surface area contributed by atoms with Gasteiger partial charge in [0.1, 0.15) is 11.5 Å². The van der Waals surface area contributed by atoms with Crippen molar-refractivity contribution in [2.24, 2.45) is 0 Å². The quantitative estimate of drug-likeness (QED) is 0.450. The first-order valence-corrected chi connectivity index (χ1v) is 10.0. The number of pyridine rings is 1. The van der Waals surface area contributed by atoms with Gasteiger partial charge in [0.05, 0.1) is 23.8 Å². The lowest BCUT2D eigenvalue weighted by Crippen LogP contribution is -2.08. The average molecular weight is 401 g/mol. The molecular weight excluding hydrogens is 382 g/mol. The van der Waals surface area contributed by atoms with Gasteiger partial charge >= 0.3 is 0 Å². The van der Waals surface area contributed by atoms with E-state index in [1.54, 1.807) is 29.9 Å². The number of carbonyl (C=O) groups is 1. The SMILES string of the molecule is Nc1ncccc1NCc1cccc(CC(=O)c2cnc(-c3ccsc3)cn2)c1. The van der Waals surface area contributed by atoms with E-state index in [0.717, 1.165) is 28.1 Å². The molecule has 3 N–H and O–H groups in total. The van der Waals surface area contributed by atoms with E-state index < -0.39 is 0 Å². The predicted octanol–water partition coefficient (Wildman–Crippen LogP) is 4.22. The summed E-state index contributed by atoms with van der Waals surface area (Å²) in [5.74, 6) is 0.402. The molecule has 0 aliphatic heterocycles. The second kappa shape index (κ2) is 8.62. The number of rotatable bonds is 7. The molecule has 0 spiro atoms. The molecule has 4 aromatic rings. The summed E-state index contributed by atoms with van der Waals surface area (Å²) in [6.07, 6.45) is 5.12. The minimum absolute atomic E-state index is 0.0593. The van der Waals surface area contributed by atoms with Crippen LogP contribution in [0.1, 0.15) is 21.6 Å². The molecular formula is C22H19N5OS. The fraction of sp³-hybridized carbons (Fsp3) is 0.0909. The molecule has 6 nitrogen and oxygen atoms in total. The smallest absolute Gasteiger partial charge is 0.187 e. The van der Waals surface area contributed by atoms with Crippen molar-refractivity contribution in [1.29, 1.82) is 0 Å². The lowest BCUT2D eigenvalue weighted by Gasteiger charge is -2.09. The molecule has 3 heterocycles. The molecule has 0 saturated heterocycles. The number of hydrogen-bond acceptors (Lipinski definition) is 7. The van der Waals surface area contributed by atoms with Crippen LogP contribution >= 0.6 is 11.3 Å². The summed E-state index contributed by atoms with van der Waals surface area (Å²) >= 11 is 1.60. The van der Waals surface area contributed by atoms with E-state index in [9.17, 15) is 4.79 Å². The van der Waals surface area contributed by atoms with E-state index in [-0.39, 0.29) is 12.2 Å². The molecule has 0 saturated carbocycles. The van der Waals surface area contributed by atoms with Crippen molar-refractivity contribution in [1.82, 2.24) is 15.0 Å². The molecule has 0 atom stereocenters. The Morgan fingerprint density at radius 1 is 1.03 bits per heavy atom. The standard InChI is InChI=1S/C22H19N5OS/c23-22-18(5-2-7-24-22)25-11-16-4-1-3-15(9-16)10-21(28)20-13-26-19(12-27-20)17-6-8-29-14-17/h1-9,12-14,25H,10-11H2,(H2,23,24). The summed E-state index contributed by atoms with van der Waals surface area (Å²) in [5.41, 5.74) is 10.8. The van der Waals surface area contributed by atoms with Gasteiger partial charge in [0.2, 0.25) is 0 Å². The Kier molecular flexibility index (Phi) is 5.58. The monoisotopic (exact) mass is 401 g/mol. The first-order valence-electron chi connectivity index (χ1n) is 9.09. The van der Waals surface area contributed by atoms with Gasteiger partial charge in [0, 0.05) is 30.1 Å². The Hall–Kier alpha value is -3.58.